The lowest BCUT2D eigenvalue weighted by molar-refractivity contribution is -0.135. The lowest BCUT2D eigenvalue weighted by atomic mass is 10.1. The van der Waals surface area contributed by atoms with Gasteiger partial charge >= 0.3 is 0 Å². The van der Waals surface area contributed by atoms with Crippen LogP contribution in [0.3, 0.4) is 0 Å². The Morgan fingerprint density at radius 1 is 1.37 bits per heavy atom. The average molecular weight is 525 g/mol. The number of hydrogen-bond acceptors (Lipinski definition) is 7. The van der Waals surface area contributed by atoms with Gasteiger partial charge in [-0.2, -0.15) is 0 Å². The number of amides is 1. The maximum Gasteiger partial charge on any atom is 0.222 e. The van der Waals surface area contributed by atoms with Crippen LogP contribution in [0.2, 0.25) is 0 Å². The first-order chi connectivity index (χ1) is 18.4. The first kappa shape index (κ1) is 27.1. The number of carbonyl (C=O) groups excluding carboxylic acids is 1. The summed E-state index contributed by atoms with van der Waals surface area (Å²) in [5.74, 6) is 0.842. The molecule has 0 atom stereocenters. The Morgan fingerprint density at radius 2 is 2.16 bits per heavy atom. The van der Waals surface area contributed by atoms with E-state index in [1.54, 1.807) is 32.4 Å². The van der Waals surface area contributed by atoms with E-state index in [1.165, 1.54) is 6.20 Å². The summed E-state index contributed by atoms with van der Waals surface area (Å²) in [7, 11) is 1.57. The minimum absolute atomic E-state index is 0.0344. The van der Waals surface area contributed by atoms with Gasteiger partial charge in [-0.3, -0.25) is 9.79 Å². The number of allylic oxidation sites excluding steroid dienone is 2. The number of ether oxygens (including phenoxy) is 4. The maximum atomic E-state index is 15.1. The molecule has 0 aromatic carbocycles. The lowest BCUT2D eigenvalue weighted by Gasteiger charge is -2.26. The Kier molecular flexibility index (Phi) is 8.96. The number of rotatable bonds is 10. The van der Waals surface area contributed by atoms with E-state index in [1.807, 2.05) is 17.9 Å². The van der Waals surface area contributed by atoms with E-state index in [2.05, 4.69) is 21.5 Å². The Hall–Kier alpha value is -3.92. The summed E-state index contributed by atoms with van der Waals surface area (Å²) in [6, 6.07) is 1.68. The van der Waals surface area contributed by atoms with Crippen molar-refractivity contribution in [2.75, 3.05) is 40.0 Å². The van der Waals surface area contributed by atoms with Crippen molar-refractivity contribution < 1.29 is 28.1 Å². The number of aromatic amines is 1. The SMILES string of the molecule is C=C(Oc1cnc2[nH]c(C)cc2c1F)C1=CCC(OC)=C(OCCCC(=O)N2CCOCC2)C=C1N=CC. The molecule has 1 saturated heterocycles. The zero-order valence-corrected chi connectivity index (χ0v) is 22.0. The number of carbonyl (C=O) groups is 1. The number of aromatic nitrogens is 2. The van der Waals surface area contributed by atoms with Crippen molar-refractivity contribution in [3.05, 3.63) is 71.1 Å². The van der Waals surface area contributed by atoms with Crippen molar-refractivity contribution in [2.24, 2.45) is 4.99 Å². The molecular formula is C28H33FN4O5. The van der Waals surface area contributed by atoms with Crippen LogP contribution in [-0.4, -0.2) is 67.0 Å². The number of pyridine rings is 1. The molecule has 0 unspecified atom stereocenters. The number of nitrogens with zero attached hydrogens (tertiary/aromatic N) is 3. The van der Waals surface area contributed by atoms with Gasteiger partial charge in [0.25, 0.3) is 0 Å². The molecule has 10 heteroatoms. The summed E-state index contributed by atoms with van der Waals surface area (Å²) in [5, 5.41) is 0.344. The molecular weight excluding hydrogens is 491 g/mol. The summed E-state index contributed by atoms with van der Waals surface area (Å²) in [6.07, 6.45) is 7.88. The standard InChI is InChI=1S/C28H33FN4O5/c1-5-30-22-16-24(37-12-6-7-26(34)33-10-13-36-14-11-33)23(35-4)9-8-20(22)19(3)38-25-17-31-28-21(27(25)29)15-18(2)32-28/h5,8,15-17H,3,6-7,9-14H2,1-2,4H3,(H,31,32). The van der Waals surface area contributed by atoms with Crippen LogP contribution >= 0.6 is 0 Å². The number of morpholine rings is 1. The van der Waals surface area contributed by atoms with Crippen molar-refractivity contribution in [3.63, 3.8) is 0 Å². The number of H-pyrrole nitrogens is 1. The molecule has 0 saturated carbocycles. The molecule has 0 bridgehead atoms. The highest BCUT2D eigenvalue weighted by Gasteiger charge is 2.21. The number of methoxy groups -OCH3 is 1. The summed E-state index contributed by atoms with van der Waals surface area (Å²) in [5.41, 5.74) is 2.34. The van der Waals surface area contributed by atoms with E-state index in [-0.39, 0.29) is 17.4 Å². The molecule has 1 fully saturated rings. The number of fused-ring (bicyclic) bond motifs is 1. The maximum absolute atomic E-state index is 15.1. The van der Waals surface area contributed by atoms with E-state index >= 15 is 4.39 Å². The molecule has 38 heavy (non-hydrogen) atoms. The molecule has 0 spiro atoms. The summed E-state index contributed by atoms with van der Waals surface area (Å²) in [6.45, 7) is 10.4. The van der Waals surface area contributed by atoms with Crippen molar-refractivity contribution in [1.82, 2.24) is 14.9 Å². The highest BCUT2D eigenvalue weighted by atomic mass is 19.1. The molecule has 1 aliphatic heterocycles. The first-order valence-corrected chi connectivity index (χ1v) is 12.6. The van der Waals surface area contributed by atoms with Crippen molar-refractivity contribution >= 4 is 23.2 Å². The number of halogens is 1. The molecule has 1 amide bonds. The van der Waals surface area contributed by atoms with Crippen LogP contribution in [0.5, 0.6) is 5.75 Å². The Morgan fingerprint density at radius 3 is 2.89 bits per heavy atom. The van der Waals surface area contributed by atoms with Gasteiger partial charge in [0, 0.05) is 49.5 Å². The van der Waals surface area contributed by atoms with Gasteiger partial charge in [-0.1, -0.05) is 12.7 Å². The first-order valence-electron chi connectivity index (χ1n) is 12.6. The van der Waals surface area contributed by atoms with Crippen LogP contribution in [0.25, 0.3) is 11.0 Å². The quantitative estimate of drug-likeness (QED) is 0.274. The van der Waals surface area contributed by atoms with Crippen LogP contribution < -0.4 is 4.74 Å². The zero-order chi connectivity index (χ0) is 27.1. The topological polar surface area (TPSA) is 98.3 Å². The average Bonchev–Trinajstić information content (AvgIpc) is 3.22. The number of nitrogens with one attached hydrogen (secondary N) is 1. The van der Waals surface area contributed by atoms with Gasteiger partial charge < -0.3 is 28.8 Å². The monoisotopic (exact) mass is 524 g/mol. The fraction of sp³-hybridized carbons (Fsp3) is 0.393. The molecule has 1 aliphatic carbocycles. The molecule has 4 rings (SSSR count). The third-order valence-electron chi connectivity index (χ3n) is 6.21. The second-order valence-electron chi connectivity index (χ2n) is 8.85. The van der Waals surface area contributed by atoms with Crippen LogP contribution in [0, 0.1) is 12.7 Å². The minimum atomic E-state index is -0.523. The predicted octanol–water partition coefficient (Wildman–Crippen LogP) is 4.72. The van der Waals surface area contributed by atoms with E-state index in [4.69, 9.17) is 18.9 Å². The van der Waals surface area contributed by atoms with Gasteiger partial charge in [0.1, 0.15) is 17.2 Å². The normalized spacial score (nSPS) is 16.4. The van der Waals surface area contributed by atoms with Gasteiger partial charge in [-0.05, 0) is 26.3 Å². The predicted molar refractivity (Wildman–Crippen MR) is 142 cm³/mol. The van der Waals surface area contributed by atoms with E-state index in [9.17, 15) is 4.79 Å². The smallest absolute Gasteiger partial charge is 0.222 e. The van der Waals surface area contributed by atoms with Gasteiger partial charge in [-0.15, -0.1) is 0 Å². The highest BCUT2D eigenvalue weighted by Crippen LogP contribution is 2.32. The Balaban J connectivity index is 1.45. The van der Waals surface area contributed by atoms with Crippen LogP contribution in [0.4, 0.5) is 4.39 Å². The van der Waals surface area contributed by atoms with Crippen molar-refractivity contribution in [2.45, 2.75) is 33.1 Å². The van der Waals surface area contributed by atoms with Gasteiger partial charge in [0.15, 0.2) is 17.3 Å². The van der Waals surface area contributed by atoms with Crippen LogP contribution in [0.15, 0.2) is 64.5 Å². The molecule has 2 aromatic rings. The number of aliphatic imine (C=N–C) groups is 1. The summed E-state index contributed by atoms with van der Waals surface area (Å²) < 4.78 is 37.8. The molecule has 9 nitrogen and oxygen atoms in total. The Bertz CT molecular complexity index is 1320. The van der Waals surface area contributed by atoms with E-state index in [0.29, 0.717) is 86.0 Å². The number of hydrogen-bond donors (Lipinski definition) is 1. The zero-order valence-electron chi connectivity index (χ0n) is 22.0. The fourth-order valence-electron chi connectivity index (χ4n) is 4.28. The molecule has 1 N–H and O–H groups in total. The van der Waals surface area contributed by atoms with Crippen LogP contribution in [0.1, 0.15) is 31.9 Å². The second kappa shape index (κ2) is 12.6. The fourth-order valence-corrected chi connectivity index (χ4v) is 4.28. The van der Waals surface area contributed by atoms with Gasteiger partial charge in [0.2, 0.25) is 5.91 Å². The molecule has 0 radical (unpaired) electrons. The van der Waals surface area contributed by atoms with Crippen LogP contribution in [-0.2, 0) is 19.0 Å². The third-order valence-corrected chi connectivity index (χ3v) is 6.21. The molecule has 3 heterocycles. The van der Waals surface area contributed by atoms with Gasteiger partial charge in [0.05, 0.1) is 44.2 Å². The third kappa shape index (κ3) is 6.31. The molecule has 2 aromatic heterocycles. The van der Waals surface area contributed by atoms with Crippen molar-refractivity contribution in [3.8, 4) is 5.75 Å². The number of aryl methyl sites for hydroxylation is 1. The van der Waals surface area contributed by atoms with E-state index < -0.39 is 5.82 Å². The Labute approximate surface area is 221 Å². The second-order valence-corrected chi connectivity index (χ2v) is 8.85. The van der Waals surface area contributed by atoms with Crippen molar-refractivity contribution in [1.29, 1.82) is 0 Å². The van der Waals surface area contributed by atoms with Gasteiger partial charge in [-0.25, -0.2) is 9.37 Å². The molecule has 202 valence electrons. The summed E-state index contributed by atoms with van der Waals surface area (Å²) >= 11 is 0. The lowest BCUT2D eigenvalue weighted by Crippen LogP contribution is -2.40. The highest BCUT2D eigenvalue weighted by molar-refractivity contribution is 5.79. The summed E-state index contributed by atoms with van der Waals surface area (Å²) in [4.78, 5) is 26.0. The molecule has 2 aliphatic rings. The van der Waals surface area contributed by atoms with E-state index in [0.717, 1.165) is 5.69 Å². The minimum Gasteiger partial charge on any atom is -0.497 e. The largest absolute Gasteiger partial charge is 0.497 e.